The molecule has 0 aliphatic rings. The standard InChI is InChI=1S/C16H26OS/c1-6-13(11-18)10-17-15-8-7-14(9-12(15)2)16(3,4)5/h7-9,13,18H,6,10-11H2,1-5H3. The van der Waals surface area contributed by atoms with Crippen LogP contribution in [-0.4, -0.2) is 12.4 Å². The van der Waals surface area contributed by atoms with Gasteiger partial charge in [-0.2, -0.15) is 12.6 Å². The van der Waals surface area contributed by atoms with Crippen LogP contribution in [0.15, 0.2) is 18.2 Å². The summed E-state index contributed by atoms with van der Waals surface area (Å²) in [5.74, 6) is 2.42. The van der Waals surface area contributed by atoms with Crippen LogP contribution in [0.2, 0.25) is 0 Å². The minimum Gasteiger partial charge on any atom is -0.493 e. The van der Waals surface area contributed by atoms with E-state index in [-0.39, 0.29) is 5.41 Å². The Morgan fingerprint density at radius 1 is 1.28 bits per heavy atom. The van der Waals surface area contributed by atoms with Crippen molar-refractivity contribution in [1.29, 1.82) is 0 Å². The van der Waals surface area contributed by atoms with E-state index in [1.54, 1.807) is 0 Å². The van der Waals surface area contributed by atoms with E-state index in [0.717, 1.165) is 24.5 Å². The molecule has 0 aliphatic carbocycles. The van der Waals surface area contributed by atoms with Crippen molar-refractivity contribution >= 4 is 12.6 Å². The van der Waals surface area contributed by atoms with Gasteiger partial charge in [0.05, 0.1) is 6.61 Å². The van der Waals surface area contributed by atoms with Crippen molar-refractivity contribution in [3.05, 3.63) is 29.3 Å². The smallest absolute Gasteiger partial charge is 0.122 e. The second kappa shape index (κ2) is 6.51. The maximum absolute atomic E-state index is 5.90. The molecule has 0 bridgehead atoms. The zero-order valence-corrected chi connectivity index (χ0v) is 13.2. The molecule has 1 unspecified atom stereocenters. The van der Waals surface area contributed by atoms with Crippen LogP contribution in [0.3, 0.4) is 0 Å². The molecule has 1 aromatic carbocycles. The van der Waals surface area contributed by atoms with E-state index in [9.17, 15) is 0 Å². The number of rotatable bonds is 5. The highest BCUT2D eigenvalue weighted by Crippen LogP contribution is 2.27. The lowest BCUT2D eigenvalue weighted by Gasteiger charge is -2.21. The van der Waals surface area contributed by atoms with E-state index >= 15 is 0 Å². The Bertz CT molecular complexity index is 375. The van der Waals surface area contributed by atoms with E-state index in [1.807, 2.05) is 0 Å². The Hall–Kier alpha value is -0.630. The fraction of sp³-hybridized carbons (Fsp3) is 0.625. The number of hydrogen-bond donors (Lipinski definition) is 1. The summed E-state index contributed by atoms with van der Waals surface area (Å²) in [5.41, 5.74) is 2.77. The monoisotopic (exact) mass is 266 g/mol. The zero-order chi connectivity index (χ0) is 13.8. The van der Waals surface area contributed by atoms with Crippen molar-refractivity contribution in [1.82, 2.24) is 0 Å². The Balaban J connectivity index is 2.74. The van der Waals surface area contributed by atoms with Gasteiger partial charge in [-0.05, 0) is 41.7 Å². The van der Waals surface area contributed by atoms with Crippen molar-refractivity contribution < 1.29 is 4.74 Å². The first-order chi connectivity index (χ1) is 8.38. The lowest BCUT2D eigenvalue weighted by atomic mass is 9.86. The molecule has 2 heteroatoms. The van der Waals surface area contributed by atoms with Crippen molar-refractivity contribution in [2.24, 2.45) is 5.92 Å². The van der Waals surface area contributed by atoms with Gasteiger partial charge in [0.25, 0.3) is 0 Å². The van der Waals surface area contributed by atoms with Crippen molar-refractivity contribution in [2.45, 2.75) is 46.5 Å². The summed E-state index contributed by atoms with van der Waals surface area (Å²) in [6, 6.07) is 6.50. The highest BCUT2D eigenvalue weighted by atomic mass is 32.1. The van der Waals surface area contributed by atoms with Gasteiger partial charge in [-0.15, -0.1) is 0 Å². The summed E-state index contributed by atoms with van der Waals surface area (Å²) in [4.78, 5) is 0. The first-order valence-corrected chi connectivity index (χ1v) is 7.36. The van der Waals surface area contributed by atoms with Gasteiger partial charge in [0.1, 0.15) is 5.75 Å². The molecule has 0 spiro atoms. The summed E-state index contributed by atoms with van der Waals surface area (Å²) < 4.78 is 5.90. The lowest BCUT2D eigenvalue weighted by molar-refractivity contribution is 0.258. The van der Waals surface area contributed by atoms with E-state index in [2.05, 4.69) is 65.4 Å². The first-order valence-electron chi connectivity index (χ1n) is 6.73. The third-order valence-corrected chi connectivity index (χ3v) is 3.87. The van der Waals surface area contributed by atoms with E-state index in [1.165, 1.54) is 11.1 Å². The molecule has 0 aliphatic heterocycles. The first kappa shape index (κ1) is 15.4. The largest absolute Gasteiger partial charge is 0.493 e. The predicted molar refractivity (Wildman–Crippen MR) is 83.0 cm³/mol. The minimum atomic E-state index is 0.195. The van der Waals surface area contributed by atoms with Gasteiger partial charge in [0.2, 0.25) is 0 Å². The molecule has 102 valence electrons. The van der Waals surface area contributed by atoms with Crippen LogP contribution in [0.1, 0.15) is 45.2 Å². The third-order valence-electron chi connectivity index (χ3n) is 3.35. The van der Waals surface area contributed by atoms with Crippen molar-refractivity contribution in [3.63, 3.8) is 0 Å². The molecule has 0 radical (unpaired) electrons. The highest BCUT2D eigenvalue weighted by Gasteiger charge is 2.15. The minimum absolute atomic E-state index is 0.195. The van der Waals surface area contributed by atoms with E-state index < -0.39 is 0 Å². The average molecular weight is 266 g/mol. The third kappa shape index (κ3) is 4.24. The molecule has 0 amide bonds. The molecule has 1 nitrogen and oxygen atoms in total. The summed E-state index contributed by atoms with van der Waals surface area (Å²) >= 11 is 4.34. The van der Waals surface area contributed by atoms with Crippen LogP contribution in [0.25, 0.3) is 0 Å². The second-order valence-corrected chi connectivity index (χ2v) is 6.36. The number of hydrogen-bond acceptors (Lipinski definition) is 2. The molecule has 0 saturated carbocycles. The Labute approximate surface area is 117 Å². The van der Waals surface area contributed by atoms with Gasteiger partial charge in [0.15, 0.2) is 0 Å². The molecule has 0 fully saturated rings. The van der Waals surface area contributed by atoms with Gasteiger partial charge in [0, 0.05) is 5.92 Å². The van der Waals surface area contributed by atoms with Crippen LogP contribution in [0.5, 0.6) is 5.75 Å². The highest BCUT2D eigenvalue weighted by molar-refractivity contribution is 7.80. The molecule has 0 N–H and O–H groups in total. The fourth-order valence-corrected chi connectivity index (χ4v) is 2.15. The Kier molecular flexibility index (Phi) is 5.58. The van der Waals surface area contributed by atoms with E-state index in [0.29, 0.717) is 5.92 Å². The van der Waals surface area contributed by atoms with Gasteiger partial charge >= 0.3 is 0 Å². The Morgan fingerprint density at radius 3 is 2.39 bits per heavy atom. The fourth-order valence-electron chi connectivity index (χ4n) is 1.79. The van der Waals surface area contributed by atoms with Crippen LogP contribution in [-0.2, 0) is 5.41 Å². The molecule has 1 aromatic rings. The lowest BCUT2D eigenvalue weighted by Crippen LogP contribution is -2.14. The number of benzene rings is 1. The van der Waals surface area contributed by atoms with Gasteiger partial charge in [-0.3, -0.25) is 0 Å². The number of thiol groups is 1. The normalized spacial score (nSPS) is 13.4. The van der Waals surface area contributed by atoms with Gasteiger partial charge < -0.3 is 4.74 Å². The van der Waals surface area contributed by atoms with Crippen LogP contribution < -0.4 is 4.74 Å². The summed E-state index contributed by atoms with van der Waals surface area (Å²) in [5, 5.41) is 0. The number of aryl methyl sites for hydroxylation is 1. The average Bonchev–Trinajstić information content (AvgIpc) is 2.30. The molecular weight excluding hydrogens is 240 g/mol. The maximum Gasteiger partial charge on any atom is 0.122 e. The second-order valence-electron chi connectivity index (χ2n) is 6.00. The van der Waals surface area contributed by atoms with Crippen LogP contribution >= 0.6 is 12.6 Å². The maximum atomic E-state index is 5.90. The van der Waals surface area contributed by atoms with Crippen molar-refractivity contribution in [2.75, 3.05) is 12.4 Å². The molecule has 0 aromatic heterocycles. The van der Waals surface area contributed by atoms with Crippen molar-refractivity contribution in [3.8, 4) is 5.75 Å². The van der Waals surface area contributed by atoms with Gasteiger partial charge in [-0.25, -0.2) is 0 Å². The SMILES string of the molecule is CCC(CS)COc1ccc(C(C)(C)C)cc1C. The zero-order valence-electron chi connectivity index (χ0n) is 12.3. The molecule has 18 heavy (non-hydrogen) atoms. The summed E-state index contributed by atoms with van der Waals surface area (Å²) in [6.07, 6.45) is 1.11. The molecular formula is C16H26OS. The van der Waals surface area contributed by atoms with Crippen LogP contribution in [0.4, 0.5) is 0 Å². The van der Waals surface area contributed by atoms with Crippen LogP contribution in [0, 0.1) is 12.8 Å². The summed E-state index contributed by atoms with van der Waals surface area (Å²) in [7, 11) is 0. The molecule has 1 rings (SSSR count). The summed E-state index contributed by atoms with van der Waals surface area (Å²) in [6.45, 7) is 11.8. The molecule has 0 heterocycles. The quantitative estimate of drug-likeness (QED) is 0.765. The molecule has 1 atom stereocenters. The van der Waals surface area contributed by atoms with Gasteiger partial charge in [-0.1, -0.05) is 39.8 Å². The number of ether oxygens (including phenoxy) is 1. The Morgan fingerprint density at radius 2 is 1.94 bits per heavy atom. The predicted octanol–water partition coefficient (Wildman–Crippen LogP) is 4.63. The molecule has 0 saturated heterocycles. The van der Waals surface area contributed by atoms with E-state index in [4.69, 9.17) is 4.74 Å². The topological polar surface area (TPSA) is 9.23 Å².